The molecule has 2 fully saturated rings. The smallest absolute Gasteiger partial charge is 0.320 e. The lowest BCUT2D eigenvalue weighted by atomic mass is 10.3. The van der Waals surface area contributed by atoms with Gasteiger partial charge in [-0.15, -0.1) is 0 Å². The largest absolute Gasteiger partial charge is 0.480 e. The first-order valence-electron chi connectivity index (χ1n) is 6.26. The van der Waals surface area contributed by atoms with Crippen molar-refractivity contribution in [2.75, 3.05) is 25.5 Å². The number of carbonyl (C=O) groups is 1. The van der Waals surface area contributed by atoms with E-state index in [4.69, 9.17) is 5.11 Å². The van der Waals surface area contributed by atoms with Gasteiger partial charge in [-0.05, 0) is 25.2 Å². The number of aliphatic carboxylic acids is 1. The minimum atomic E-state index is -3.33. The van der Waals surface area contributed by atoms with Crippen LogP contribution in [0.1, 0.15) is 20.3 Å². The summed E-state index contributed by atoms with van der Waals surface area (Å²) in [5.41, 5.74) is 0. The van der Waals surface area contributed by atoms with E-state index in [1.165, 1.54) is 16.1 Å². The summed E-state index contributed by atoms with van der Waals surface area (Å²) < 4.78 is 25.7. The van der Waals surface area contributed by atoms with Gasteiger partial charge in [-0.1, -0.05) is 6.92 Å². The zero-order valence-electron chi connectivity index (χ0n) is 10.7. The Morgan fingerprint density at radius 2 is 2.06 bits per heavy atom. The number of nitrogens with zero attached hydrogens (tertiary/aromatic N) is 2. The summed E-state index contributed by atoms with van der Waals surface area (Å²) in [5.74, 6) is -0.0458. The van der Waals surface area contributed by atoms with E-state index in [-0.39, 0.29) is 5.88 Å². The summed E-state index contributed by atoms with van der Waals surface area (Å²) in [6, 6.07) is -0.748. The van der Waals surface area contributed by atoms with Gasteiger partial charge in [0.15, 0.2) is 0 Å². The summed E-state index contributed by atoms with van der Waals surface area (Å²) in [5, 5.41) is 8.91. The Labute approximate surface area is 108 Å². The third-order valence-electron chi connectivity index (χ3n) is 3.98. The number of sulfonamides is 1. The van der Waals surface area contributed by atoms with Gasteiger partial charge < -0.3 is 5.11 Å². The van der Waals surface area contributed by atoms with Crippen LogP contribution in [0.5, 0.6) is 0 Å². The quantitative estimate of drug-likeness (QED) is 0.783. The summed E-state index contributed by atoms with van der Waals surface area (Å²) in [6.45, 7) is 5.15. The van der Waals surface area contributed by atoms with Crippen LogP contribution in [0.15, 0.2) is 0 Å². The fraction of sp³-hybridized carbons (Fsp3) is 0.909. The highest BCUT2D eigenvalue weighted by molar-refractivity contribution is 7.89. The van der Waals surface area contributed by atoms with Crippen LogP contribution in [0.4, 0.5) is 0 Å². The van der Waals surface area contributed by atoms with E-state index in [0.29, 0.717) is 31.5 Å². The molecule has 104 valence electrons. The van der Waals surface area contributed by atoms with E-state index in [1.807, 2.05) is 0 Å². The normalized spacial score (nSPS) is 34.1. The predicted molar refractivity (Wildman–Crippen MR) is 66.4 cm³/mol. The van der Waals surface area contributed by atoms with Gasteiger partial charge in [-0.3, -0.25) is 9.69 Å². The predicted octanol–water partition coefficient (Wildman–Crippen LogP) is 0.0204. The van der Waals surface area contributed by atoms with E-state index in [2.05, 4.69) is 6.92 Å². The molecule has 1 aliphatic carbocycles. The summed E-state index contributed by atoms with van der Waals surface area (Å²) in [6.07, 6.45) is 1.10. The Morgan fingerprint density at radius 1 is 1.44 bits per heavy atom. The second-order valence-electron chi connectivity index (χ2n) is 5.40. The van der Waals surface area contributed by atoms with Crippen molar-refractivity contribution in [2.45, 2.75) is 26.3 Å². The molecule has 0 spiro atoms. The maximum atomic E-state index is 12.1. The van der Waals surface area contributed by atoms with Crippen molar-refractivity contribution in [3.63, 3.8) is 0 Å². The molecule has 7 heteroatoms. The number of hydrogen-bond donors (Lipinski definition) is 1. The minimum absolute atomic E-state index is 0.179. The van der Waals surface area contributed by atoms with Crippen molar-refractivity contribution >= 4 is 16.0 Å². The minimum Gasteiger partial charge on any atom is -0.480 e. The number of carboxylic acids is 1. The molecule has 2 unspecified atom stereocenters. The fourth-order valence-corrected chi connectivity index (χ4v) is 4.03. The molecule has 0 aromatic heterocycles. The van der Waals surface area contributed by atoms with Gasteiger partial charge in [0.1, 0.15) is 11.9 Å². The third kappa shape index (κ3) is 2.84. The molecule has 1 heterocycles. The highest BCUT2D eigenvalue weighted by Gasteiger charge is 2.40. The molecule has 18 heavy (non-hydrogen) atoms. The van der Waals surface area contributed by atoms with E-state index >= 15 is 0 Å². The molecule has 1 N–H and O–H groups in total. The summed E-state index contributed by atoms with van der Waals surface area (Å²) >= 11 is 0. The van der Waals surface area contributed by atoms with E-state index in [0.717, 1.165) is 6.42 Å². The van der Waals surface area contributed by atoms with Gasteiger partial charge in [0.05, 0.1) is 0 Å². The Hall–Kier alpha value is -0.660. The first-order valence-corrected chi connectivity index (χ1v) is 7.87. The van der Waals surface area contributed by atoms with Gasteiger partial charge >= 0.3 is 5.97 Å². The monoisotopic (exact) mass is 276 g/mol. The van der Waals surface area contributed by atoms with Gasteiger partial charge in [0.25, 0.3) is 0 Å². The van der Waals surface area contributed by atoms with Crippen LogP contribution in [0.2, 0.25) is 0 Å². The maximum absolute atomic E-state index is 12.1. The summed E-state index contributed by atoms with van der Waals surface area (Å²) in [4.78, 5) is 12.4. The topological polar surface area (TPSA) is 77.9 Å². The lowest BCUT2D eigenvalue weighted by molar-refractivity contribution is -0.142. The van der Waals surface area contributed by atoms with Crippen LogP contribution in [0.3, 0.4) is 0 Å². The molecular formula is C11H20N2O4S. The Kier molecular flexibility index (Phi) is 3.66. The zero-order chi connectivity index (χ0) is 13.5. The number of hydrogen-bond acceptors (Lipinski definition) is 4. The number of rotatable bonds is 4. The lowest BCUT2D eigenvalue weighted by Gasteiger charge is -2.36. The lowest BCUT2D eigenvalue weighted by Crippen LogP contribution is -2.54. The molecule has 3 atom stereocenters. The standard InChI is InChI=1S/C11H20N2O4S/c1-8-5-10(8)6-13-4-3-12(7-18(13,16)17)9(2)11(14)15/h8-10H,3-7H2,1-2H3,(H,14,15)/t8?,9-,10?/m1/s1. The molecule has 2 aliphatic rings. The van der Waals surface area contributed by atoms with Crippen LogP contribution in [-0.4, -0.2) is 60.3 Å². The first kappa shape index (κ1) is 13.8. The highest BCUT2D eigenvalue weighted by atomic mass is 32.2. The zero-order valence-corrected chi connectivity index (χ0v) is 11.6. The van der Waals surface area contributed by atoms with Gasteiger partial charge in [-0.25, -0.2) is 8.42 Å². The molecular weight excluding hydrogens is 256 g/mol. The van der Waals surface area contributed by atoms with Crippen LogP contribution in [0, 0.1) is 11.8 Å². The molecule has 2 rings (SSSR count). The Balaban J connectivity index is 1.98. The van der Waals surface area contributed by atoms with Crippen LogP contribution < -0.4 is 0 Å². The van der Waals surface area contributed by atoms with Crippen molar-refractivity contribution in [1.82, 2.24) is 9.21 Å². The molecule has 0 radical (unpaired) electrons. The molecule has 0 aromatic carbocycles. The second kappa shape index (κ2) is 4.79. The Morgan fingerprint density at radius 3 is 2.50 bits per heavy atom. The van der Waals surface area contributed by atoms with E-state index in [1.54, 1.807) is 0 Å². The van der Waals surface area contributed by atoms with E-state index in [9.17, 15) is 13.2 Å². The SMILES string of the molecule is CC1CC1CN1CCN([C@H](C)C(=O)O)CS1(=O)=O. The van der Waals surface area contributed by atoms with Crippen molar-refractivity contribution < 1.29 is 18.3 Å². The van der Waals surface area contributed by atoms with Crippen molar-refractivity contribution in [3.05, 3.63) is 0 Å². The average molecular weight is 276 g/mol. The van der Waals surface area contributed by atoms with Crippen LogP contribution in [0.25, 0.3) is 0 Å². The molecule has 1 saturated carbocycles. The second-order valence-corrected chi connectivity index (χ2v) is 7.34. The van der Waals surface area contributed by atoms with Crippen molar-refractivity contribution in [1.29, 1.82) is 0 Å². The van der Waals surface area contributed by atoms with Crippen LogP contribution >= 0.6 is 0 Å². The highest BCUT2D eigenvalue weighted by Crippen LogP contribution is 2.39. The number of carboxylic acid groups (broad SMARTS) is 1. The maximum Gasteiger partial charge on any atom is 0.320 e. The summed E-state index contributed by atoms with van der Waals surface area (Å²) in [7, 11) is -3.33. The molecule has 6 nitrogen and oxygen atoms in total. The van der Waals surface area contributed by atoms with Crippen molar-refractivity contribution in [2.24, 2.45) is 11.8 Å². The van der Waals surface area contributed by atoms with Gasteiger partial charge in [0.2, 0.25) is 10.0 Å². The van der Waals surface area contributed by atoms with Crippen molar-refractivity contribution in [3.8, 4) is 0 Å². The van der Waals surface area contributed by atoms with E-state index < -0.39 is 22.0 Å². The van der Waals surface area contributed by atoms with Crippen LogP contribution in [-0.2, 0) is 14.8 Å². The molecule has 0 aromatic rings. The third-order valence-corrected chi connectivity index (χ3v) is 5.75. The average Bonchev–Trinajstić information content (AvgIpc) is 2.95. The first-order chi connectivity index (χ1) is 8.31. The Bertz CT molecular complexity index is 436. The van der Waals surface area contributed by atoms with Gasteiger partial charge in [-0.2, -0.15) is 4.31 Å². The molecule has 1 aliphatic heterocycles. The molecule has 1 saturated heterocycles. The molecule has 0 bridgehead atoms. The van der Waals surface area contributed by atoms with Gasteiger partial charge in [0, 0.05) is 19.6 Å². The molecule has 0 amide bonds. The fourth-order valence-electron chi connectivity index (χ4n) is 2.32.